The third-order valence-electron chi connectivity index (χ3n) is 8.92. The van der Waals surface area contributed by atoms with E-state index in [9.17, 15) is 19.5 Å². The van der Waals surface area contributed by atoms with Crippen molar-refractivity contribution in [3.8, 4) is 0 Å². The van der Waals surface area contributed by atoms with Crippen molar-refractivity contribution in [1.82, 2.24) is 19.8 Å². The molecule has 2 heterocycles. The van der Waals surface area contributed by atoms with Gasteiger partial charge in [0.15, 0.2) is 18.1 Å². The van der Waals surface area contributed by atoms with Crippen molar-refractivity contribution in [2.45, 2.75) is 103 Å². The van der Waals surface area contributed by atoms with Gasteiger partial charge < -0.3 is 34.0 Å². The maximum Gasteiger partial charge on any atom is 0.408 e. The number of aliphatic imine (C=N–C) groups is 1. The van der Waals surface area contributed by atoms with Crippen LogP contribution >= 0.6 is 0 Å². The van der Waals surface area contributed by atoms with Crippen LogP contribution in [0.25, 0.3) is 0 Å². The SMILES string of the molecule is CC(C)C(NC(=O)OC(C)(C)C)C(=O)OC1C(CO[Si](c2ccccc2)(c2ccccc2)C(C)(C)C)OC(n2ccc(/N=C/N(C)C)nc2=O)C1(C)O. The molecule has 1 aromatic heterocycles. The van der Waals surface area contributed by atoms with E-state index in [4.69, 9.17) is 18.6 Å². The first kappa shape index (κ1) is 41.4. The fourth-order valence-corrected chi connectivity index (χ4v) is 11.1. The monoisotopic (exact) mass is 749 g/mol. The van der Waals surface area contributed by atoms with Crippen LogP contribution in [0.4, 0.5) is 10.6 Å². The molecule has 53 heavy (non-hydrogen) atoms. The molecule has 1 saturated heterocycles. The molecule has 1 aliphatic heterocycles. The molecule has 3 aromatic rings. The van der Waals surface area contributed by atoms with Crippen LogP contribution in [0.15, 0.2) is 82.7 Å². The van der Waals surface area contributed by atoms with Crippen molar-refractivity contribution in [2.24, 2.45) is 10.9 Å². The Morgan fingerprint density at radius 2 is 1.60 bits per heavy atom. The Morgan fingerprint density at radius 1 is 1.04 bits per heavy atom. The molecule has 14 heteroatoms. The van der Waals surface area contributed by atoms with Gasteiger partial charge in [-0.15, -0.1) is 0 Å². The highest BCUT2D eigenvalue weighted by Gasteiger charge is 2.58. The third kappa shape index (κ3) is 9.60. The molecule has 2 aromatic carbocycles. The third-order valence-corrected chi connectivity index (χ3v) is 13.9. The summed E-state index contributed by atoms with van der Waals surface area (Å²) in [6.07, 6.45) is -1.59. The molecule has 0 radical (unpaired) electrons. The van der Waals surface area contributed by atoms with Crippen molar-refractivity contribution >= 4 is 42.9 Å². The number of carbonyl (C=O) groups is 2. The topological polar surface area (TPSA) is 154 Å². The van der Waals surface area contributed by atoms with Crippen LogP contribution in [0, 0.1) is 5.92 Å². The molecule has 1 aliphatic rings. The van der Waals surface area contributed by atoms with E-state index in [1.807, 2.05) is 36.4 Å². The quantitative estimate of drug-likeness (QED) is 0.120. The molecular weight excluding hydrogens is 695 g/mol. The largest absolute Gasteiger partial charge is 0.455 e. The number of benzene rings is 2. The summed E-state index contributed by atoms with van der Waals surface area (Å²) in [7, 11) is 0.447. The molecule has 5 atom stereocenters. The molecule has 0 aliphatic carbocycles. The lowest BCUT2D eigenvalue weighted by Crippen LogP contribution is -2.67. The molecule has 2 N–H and O–H groups in total. The number of carbonyl (C=O) groups excluding carboxylic acids is 2. The summed E-state index contributed by atoms with van der Waals surface area (Å²) >= 11 is 0. The van der Waals surface area contributed by atoms with Gasteiger partial charge in [-0.05, 0) is 55.1 Å². The van der Waals surface area contributed by atoms with Crippen LogP contribution in [0.2, 0.25) is 5.04 Å². The number of rotatable bonds is 12. The minimum atomic E-state index is -3.13. The lowest BCUT2D eigenvalue weighted by molar-refractivity contribution is -0.167. The predicted octanol–water partition coefficient (Wildman–Crippen LogP) is 4.15. The zero-order chi connectivity index (χ0) is 39.4. The van der Waals surface area contributed by atoms with Crippen LogP contribution in [0.1, 0.15) is 68.5 Å². The fourth-order valence-electron chi connectivity index (χ4n) is 6.49. The van der Waals surface area contributed by atoms with E-state index in [-0.39, 0.29) is 12.4 Å². The number of esters is 1. The Morgan fingerprint density at radius 3 is 2.08 bits per heavy atom. The summed E-state index contributed by atoms with van der Waals surface area (Å²) in [5, 5.41) is 16.5. The highest BCUT2D eigenvalue weighted by atomic mass is 28.4. The van der Waals surface area contributed by atoms with Crippen molar-refractivity contribution < 1.29 is 33.3 Å². The highest BCUT2D eigenvalue weighted by Crippen LogP contribution is 2.42. The van der Waals surface area contributed by atoms with Gasteiger partial charge in [0.1, 0.15) is 23.3 Å². The molecule has 1 amide bonds. The van der Waals surface area contributed by atoms with E-state index < -0.39 is 72.7 Å². The van der Waals surface area contributed by atoms with Crippen LogP contribution in [0.5, 0.6) is 0 Å². The van der Waals surface area contributed by atoms with E-state index >= 15 is 0 Å². The van der Waals surface area contributed by atoms with Crippen molar-refractivity contribution in [2.75, 3.05) is 20.7 Å². The van der Waals surface area contributed by atoms with Gasteiger partial charge >= 0.3 is 17.8 Å². The Hall–Kier alpha value is -4.37. The lowest BCUT2D eigenvalue weighted by Gasteiger charge is -2.43. The number of alkyl carbamates (subject to hydrolysis) is 1. The average molecular weight is 750 g/mol. The van der Waals surface area contributed by atoms with Crippen molar-refractivity contribution in [3.63, 3.8) is 0 Å². The van der Waals surface area contributed by atoms with E-state index in [1.54, 1.807) is 53.6 Å². The minimum Gasteiger partial charge on any atom is -0.455 e. The number of aliphatic hydroxyl groups is 1. The molecule has 0 bridgehead atoms. The van der Waals surface area contributed by atoms with Crippen LogP contribution in [-0.4, -0.2) is 96.4 Å². The van der Waals surface area contributed by atoms with Crippen molar-refractivity contribution in [3.05, 3.63) is 83.4 Å². The van der Waals surface area contributed by atoms with E-state index in [0.29, 0.717) is 0 Å². The van der Waals surface area contributed by atoms with Gasteiger partial charge in [0, 0.05) is 20.3 Å². The van der Waals surface area contributed by atoms with E-state index in [1.165, 1.54) is 25.5 Å². The number of nitrogens with zero attached hydrogens (tertiary/aromatic N) is 4. The standard InChI is InChI=1S/C39H55N5O8Si/c1-26(2)31(42-36(47)52-37(3,4)5)33(45)51-32-29(50-34(39(32,9)48)44-23-22-30(41-35(44)46)40-25-43(10)11)24-49-53(38(6,7)8,27-18-14-12-15-19-27)28-20-16-13-17-21-28/h12-23,25-26,29,31-32,34,48H,24H2,1-11H3,(H,42,47)/b40-25+. The number of nitrogens with one attached hydrogen (secondary N) is 1. The summed E-state index contributed by atoms with van der Waals surface area (Å²) in [6, 6.07) is 20.4. The van der Waals surface area contributed by atoms with Gasteiger partial charge in [0.25, 0.3) is 8.32 Å². The van der Waals surface area contributed by atoms with Gasteiger partial charge in [0.2, 0.25) is 0 Å². The van der Waals surface area contributed by atoms with Gasteiger partial charge in [-0.25, -0.2) is 19.4 Å². The molecule has 4 rings (SSSR count). The first-order valence-electron chi connectivity index (χ1n) is 17.8. The second-order valence-electron chi connectivity index (χ2n) is 16.1. The zero-order valence-corrected chi connectivity index (χ0v) is 33.7. The number of hydrogen-bond donors (Lipinski definition) is 2. The summed E-state index contributed by atoms with van der Waals surface area (Å²) in [4.78, 5) is 50.2. The lowest BCUT2D eigenvalue weighted by atomic mass is 9.95. The number of hydrogen-bond acceptors (Lipinski definition) is 10. The average Bonchev–Trinajstić information content (AvgIpc) is 3.30. The number of amides is 1. The normalized spacial score (nSPS) is 21.4. The Bertz CT molecular complexity index is 1750. The Balaban J connectivity index is 1.78. The van der Waals surface area contributed by atoms with Crippen LogP contribution in [-0.2, 0) is 23.4 Å². The first-order valence-corrected chi connectivity index (χ1v) is 19.7. The maximum absolute atomic E-state index is 14.0. The minimum absolute atomic E-state index is 0.114. The second kappa shape index (κ2) is 16.3. The zero-order valence-electron chi connectivity index (χ0n) is 32.7. The molecule has 1 fully saturated rings. The summed E-state index contributed by atoms with van der Waals surface area (Å²) in [5.74, 6) is -1.05. The van der Waals surface area contributed by atoms with Crippen LogP contribution < -0.4 is 21.4 Å². The molecular formula is C39H55N5O8Si. The Kier molecular flexibility index (Phi) is 12.8. The van der Waals surface area contributed by atoms with Crippen molar-refractivity contribution in [1.29, 1.82) is 0 Å². The Labute approximate surface area is 313 Å². The number of ether oxygens (including phenoxy) is 3. The highest BCUT2D eigenvalue weighted by molar-refractivity contribution is 6.99. The fraction of sp³-hybridized carbons (Fsp3) is 0.513. The molecule has 0 spiro atoms. The van der Waals surface area contributed by atoms with Gasteiger partial charge in [0.05, 0.1) is 12.9 Å². The van der Waals surface area contributed by atoms with E-state index in [0.717, 1.165) is 14.9 Å². The summed E-state index contributed by atoms with van der Waals surface area (Å²) in [6.45, 7) is 16.4. The molecule has 288 valence electrons. The molecule has 5 unspecified atom stereocenters. The maximum atomic E-state index is 14.0. The summed E-state index contributed by atoms with van der Waals surface area (Å²) in [5.41, 5.74) is -3.50. The summed E-state index contributed by atoms with van der Waals surface area (Å²) < 4.78 is 26.4. The first-order chi connectivity index (χ1) is 24.7. The van der Waals surface area contributed by atoms with E-state index in [2.05, 4.69) is 60.3 Å². The predicted molar refractivity (Wildman–Crippen MR) is 206 cm³/mol. The number of aromatic nitrogens is 2. The van der Waals surface area contributed by atoms with Gasteiger partial charge in [-0.3, -0.25) is 4.57 Å². The van der Waals surface area contributed by atoms with Crippen LogP contribution in [0.3, 0.4) is 0 Å². The van der Waals surface area contributed by atoms with Gasteiger partial charge in [-0.1, -0.05) is 95.3 Å². The smallest absolute Gasteiger partial charge is 0.408 e. The molecule has 0 saturated carbocycles. The van der Waals surface area contributed by atoms with Gasteiger partial charge in [-0.2, -0.15) is 4.98 Å². The second-order valence-corrected chi connectivity index (χ2v) is 20.4. The molecule has 13 nitrogen and oxygen atoms in total.